The lowest BCUT2D eigenvalue weighted by atomic mass is 10.4. The largest absolute Gasteiger partial charge is 0.327 e. The highest BCUT2D eigenvalue weighted by Crippen LogP contribution is 2.16. The van der Waals surface area contributed by atoms with Gasteiger partial charge in [-0.2, -0.15) is 4.99 Å². The van der Waals surface area contributed by atoms with Crippen molar-refractivity contribution in [2.45, 2.75) is 4.90 Å². The Balaban J connectivity index is 1.98. The molecule has 88 valence electrons. The molecule has 0 aliphatic carbocycles. The highest BCUT2D eigenvalue weighted by atomic mass is 32.2. The topological polar surface area (TPSA) is 34.4 Å². The minimum Gasteiger partial charge on any atom is -0.327 e. The lowest BCUT2D eigenvalue weighted by molar-refractivity contribution is -0.115. The fourth-order valence-electron chi connectivity index (χ4n) is 1.24. The molecule has 1 aromatic carbocycles. The number of rotatable bonds is 3. The van der Waals surface area contributed by atoms with Crippen LogP contribution in [0.2, 0.25) is 0 Å². The van der Waals surface area contributed by atoms with Crippen LogP contribution in [0.3, 0.4) is 0 Å². The molecule has 2 aromatic rings. The van der Waals surface area contributed by atoms with Crippen molar-refractivity contribution in [1.29, 1.82) is 0 Å². The number of thioether (sulfide) groups is 1. The van der Waals surface area contributed by atoms with E-state index in [0.717, 1.165) is 9.70 Å². The van der Waals surface area contributed by atoms with Crippen LogP contribution in [-0.2, 0) is 11.8 Å². The van der Waals surface area contributed by atoms with Gasteiger partial charge < -0.3 is 4.57 Å². The number of thiazole rings is 1. The van der Waals surface area contributed by atoms with E-state index in [4.69, 9.17) is 0 Å². The van der Waals surface area contributed by atoms with Crippen LogP contribution in [0, 0.1) is 0 Å². The zero-order valence-electron chi connectivity index (χ0n) is 9.37. The molecule has 0 fully saturated rings. The summed E-state index contributed by atoms with van der Waals surface area (Å²) in [4.78, 5) is 17.5. The summed E-state index contributed by atoms with van der Waals surface area (Å²) in [5.41, 5.74) is 0. The van der Waals surface area contributed by atoms with Crippen LogP contribution >= 0.6 is 23.1 Å². The van der Waals surface area contributed by atoms with Gasteiger partial charge in [-0.1, -0.05) is 18.2 Å². The minimum absolute atomic E-state index is 0.100. The van der Waals surface area contributed by atoms with Gasteiger partial charge in [0.2, 0.25) is 0 Å². The molecule has 1 amide bonds. The molecule has 0 unspecified atom stereocenters. The van der Waals surface area contributed by atoms with E-state index in [2.05, 4.69) is 4.99 Å². The second-order valence-corrected chi connectivity index (χ2v) is 5.33. The second-order valence-electron chi connectivity index (χ2n) is 3.40. The van der Waals surface area contributed by atoms with Crippen molar-refractivity contribution in [1.82, 2.24) is 4.57 Å². The standard InChI is InChI=1S/C12H12N2OS2/c1-14-7-8-16-12(14)13-11(15)9-17-10-5-3-2-4-6-10/h2-8H,9H2,1H3. The molecule has 5 heteroatoms. The Labute approximate surface area is 108 Å². The summed E-state index contributed by atoms with van der Waals surface area (Å²) in [5, 5.41) is 1.91. The molecular weight excluding hydrogens is 252 g/mol. The van der Waals surface area contributed by atoms with E-state index in [1.54, 1.807) is 0 Å². The summed E-state index contributed by atoms with van der Waals surface area (Å²) in [6.07, 6.45) is 1.89. The molecule has 0 bridgehead atoms. The van der Waals surface area contributed by atoms with Crippen LogP contribution < -0.4 is 4.80 Å². The van der Waals surface area contributed by atoms with Crippen molar-refractivity contribution in [3.8, 4) is 0 Å². The first-order valence-corrected chi connectivity index (χ1v) is 6.98. The fraction of sp³-hybridized carbons (Fsp3) is 0.167. The van der Waals surface area contributed by atoms with Gasteiger partial charge in [-0.25, -0.2) is 0 Å². The maximum atomic E-state index is 11.6. The highest BCUT2D eigenvalue weighted by molar-refractivity contribution is 8.00. The van der Waals surface area contributed by atoms with Crippen molar-refractivity contribution in [3.63, 3.8) is 0 Å². The molecular formula is C12H12N2OS2. The van der Waals surface area contributed by atoms with Crippen LogP contribution in [0.5, 0.6) is 0 Å². The van der Waals surface area contributed by atoms with Gasteiger partial charge in [0, 0.05) is 23.5 Å². The molecule has 1 aromatic heterocycles. The van der Waals surface area contributed by atoms with Crippen LogP contribution in [-0.4, -0.2) is 16.2 Å². The number of aryl methyl sites for hydroxylation is 1. The van der Waals surface area contributed by atoms with E-state index in [0.29, 0.717) is 5.75 Å². The van der Waals surface area contributed by atoms with Gasteiger partial charge in [0.15, 0.2) is 4.80 Å². The van der Waals surface area contributed by atoms with Crippen LogP contribution in [0.15, 0.2) is 51.8 Å². The van der Waals surface area contributed by atoms with Gasteiger partial charge in [-0.05, 0) is 12.1 Å². The van der Waals surface area contributed by atoms with E-state index in [-0.39, 0.29) is 5.91 Å². The van der Waals surface area contributed by atoms with Gasteiger partial charge in [0.05, 0.1) is 5.75 Å². The number of benzene rings is 1. The fourth-order valence-corrected chi connectivity index (χ4v) is 2.69. The maximum absolute atomic E-state index is 11.6. The van der Waals surface area contributed by atoms with Crippen molar-refractivity contribution in [2.75, 3.05) is 5.75 Å². The second kappa shape index (κ2) is 5.84. The molecule has 0 atom stereocenters. The Morgan fingerprint density at radius 3 is 2.82 bits per heavy atom. The average Bonchev–Trinajstić information content (AvgIpc) is 2.74. The van der Waals surface area contributed by atoms with Gasteiger partial charge >= 0.3 is 0 Å². The van der Waals surface area contributed by atoms with Crippen molar-refractivity contribution < 1.29 is 4.79 Å². The van der Waals surface area contributed by atoms with Crippen LogP contribution in [0.4, 0.5) is 0 Å². The van der Waals surface area contributed by atoms with Gasteiger partial charge in [-0.15, -0.1) is 23.1 Å². The molecule has 17 heavy (non-hydrogen) atoms. The van der Waals surface area contributed by atoms with Crippen molar-refractivity contribution in [3.05, 3.63) is 46.7 Å². The Bertz CT molecular complexity index is 557. The summed E-state index contributed by atoms with van der Waals surface area (Å²) in [7, 11) is 1.88. The monoisotopic (exact) mass is 264 g/mol. The zero-order chi connectivity index (χ0) is 12.1. The average molecular weight is 264 g/mol. The summed E-state index contributed by atoms with van der Waals surface area (Å²) in [6.45, 7) is 0. The number of amides is 1. The molecule has 0 saturated heterocycles. The zero-order valence-corrected chi connectivity index (χ0v) is 11.0. The summed E-state index contributed by atoms with van der Waals surface area (Å²) < 4.78 is 1.84. The Morgan fingerprint density at radius 2 is 2.18 bits per heavy atom. The van der Waals surface area contributed by atoms with E-state index >= 15 is 0 Å². The Morgan fingerprint density at radius 1 is 1.41 bits per heavy atom. The minimum atomic E-state index is -0.100. The molecule has 0 radical (unpaired) electrons. The smallest absolute Gasteiger partial charge is 0.258 e. The molecule has 0 spiro atoms. The Kier molecular flexibility index (Phi) is 4.17. The normalized spacial score (nSPS) is 11.7. The number of carbonyl (C=O) groups excluding carboxylic acids is 1. The number of hydrogen-bond acceptors (Lipinski definition) is 3. The van der Waals surface area contributed by atoms with Gasteiger partial charge in [-0.3, -0.25) is 4.79 Å². The predicted octanol–water partition coefficient (Wildman–Crippen LogP) is 2.31. The molecule has 0 aliphatic rings. The van der Waals surface area contributed by atoms with Crippen molar-refractivity contribution in [2.24, 2.45) is 12.0 Å². The first kappa shape index (κ1) is 12.1. The third kappa shape index (κ3) is 3.57. The first-order valence-electron chi connectivity index (χ1n) is 5.11. The lowest BCUT2D eigenvalue weighted by Gasteiger charge is -1.97. The van der Waals surface area contributed by atoms with E-state index in [1.807, 2.05) is 53.5 Å². The molecule has 3 nitrogen and oxygen atoms in total. The summed E-state index contributed by atoms with van der Waals surface area (Å²) in [6, 6.07) is 9.86. The number of aromatic nitrogens is 1. The number of nitrogens with zero attached hydrogens (tertiary/aromatic N) is 2. The predicted molar refractivity (Wildman–Crippen MR) is 71.0 cm³/mol. The molecule has 0 N–H and O–H groups in total. The molecule has 0 aliphatic heterocycles. The van der Waals surface area contributed by atoms with Crippen LogP contribution in [0.1, 0.15) is 0 Å². The van der Waals surface area contributed by atoms with Crippen LogP contribution in [0.25, 0.3) is 0 Å². The highest BCUT2D eigenvalue weighted by Gasteiger charge is 2.01. The third-order valence-electron chi connectivity index (χ3n) is 2.09. The van der Waals surface area contributed by atoms with E-state index < -0.39 is 0 Å². The SMILES string of the molecule is Cn1ccsc1=NC(=O)CSc1ccccc1. The van der Waals surface area contributed by atoms with Gasteiger partial charge in [0.1, 0.15) is 0 Å². The van der Waals surface area contributed by atoms with E-state index in [9.17, 15) is 4.79 Å². The quantitative estimate of drug-likeness (QED) is 0.797. The molecule has 1 heterocycles. The Hall–Kier alpha value is -1.33. The summed E-state index contributed by atoms with van der Waals surface area (Å²) in [5.74, 6) is 0.277. The lowest BCUT2D eigenvalue weighted by Crippen LogP contribution is -2.13. The van der Waals surface area contributed by atoms with E-state index in [1.165, 1.54) is 23.1 Å². The maximum Gasteiger partial charge on any atom is 0.258 e. The number of hydrogen-bond donors (Lipinski definition) is 0. The number of carbonyl (C=O) groups is 1. The van der Waals surface area contributed by atoms with Gasteiger partial charge in [0.25, 0.3) is 5.91 Å². The third-order valence-corrected chi connectivity index (χ3v) is 3.93. The first-order chi connectivity index (χ1) is 8.25. The molecule has 0 saturated carbocycles. The summed E-state index contributed by atoms with van der Waals surface area (Å²) >= 11 is 2.97. The molecule has 2 rings (SSSR count). The van der Waals surface area contributed by atoms with Crippen molar-refractivity contribution >= 4 is 29.0 Å².